The number of nitro groups is 1. The van der Waals surface area contributed by atoms with Crippen LogP contribution >= 0.6 is 0 Å². The van der Waals surface area contributed by atoms with Crippen molar-refractivity contribution in [3.8, 4) is 17.0 Å². The number of non-ortho nitro benzene ring substituents is 1. The minimum absolute atomic E-state index is 0.0508. The quantitative estimate of drug-likeness (QED) is 0.350. The number of nitro benzene ring substituents is 1. The number of nitrogens with one attached hydrogen (secondary N) is 1. The first-order chi connectivity index (χ1) is 15.4. The smallest absolute Gasteiger partial charge is 0.280 e. The van der Waals surface area contributed by atoms with Crippen LogP contribution in [-0.2, 0) is 0 Å². The second-order valence-electron chi connectivity index (χ2n) is 6.62. The predicted molar refractivity (Wildman–Crippen MR) is 111 cm³/mol. The summed E-state index contributed by atoms with van der Waals surface area (Å²) in [5, 5.41) is 17.4. The topological polar surface area (TPSA) is 112 Å². The van der Waals surface area contributed by atoms with Crippen LogP contribution in [0.15, 0.2) is 60.8 Å². The summed E-state index contributed by atoms with van der Waals surface area (Å²) in [7, 11) is 1.30. The number of ether oxygens (including phenoxy) is 1. The Bertz CT molecular complexity index is 1320. The molecule has 0 fully saturated rings. The molecule has 162 valence electrons. The van der Waals surface area contributed by atoms with Crippen LogP contribution in [0.1, 0.15) is 22.5 Å². The number of anilines is 1. The van der Waals surface area contributed by atoms with Crippen LogP contribution in [0.3, 0.4) is 0 Å². The molecule has 32 heavy (non-hydrogen) atoms. The SMILES string of the molecule is COc1cc([N+](=O)[O-])ccc1NC(=O)c1cnn2c(C(F)F)cc(-c3ccccc3)nc12. The number of hydrogen-bond donors (Lipinski definition) is 1. The molecule has 0 spiro atoms. The van der Waals surface area contributed by atoms with E-state index >= 15 is 0 Å². The van der Waals surface area contributed by atoms with Gasteiger partial charge in [-0.1, -0.05) is 30.3 Å². The molecule has 2 heterocycles. The van der Waals surface area contributed by atoms with Gasteiger partial charge in [-0.3, -0.25) is 14.9 Å². The van der Waals surface area contributed by atoms with Gasteiger partial charge < -0.3 is 10.1 Å². The Balaban J connectivity index is 1.77. The molecule has 0 bridgehead atoms. The lowest BCUT2D eigenvalue weighted by atomic mass is 10.1. The van der Waals surface area contributed by atoms with Crippen molar-refractivity contribution in [1.82, 2.24) is 14.6 Å². The zero-order chi connectivity index (χ0) is 22.8. The number of benzene rings is 2. The number of hydrogen-bond acceptors (Lipinski definition) is 6. The highest BCUT2D eigenvalue weighted by Crippen LogP contribution is 2.30. The molecule has 0 saturated heterocycles. The summed E-state index contributed by atoms with van der Waals surface area (Å²) in [5.41, 5.74) is 0.283. The number of carbonyl (C=O) groups excluding carboxylic acids is 1. The fourth-order valence-electron chi connectivity index (χ4n) is 3.14. The van der Waals surface area contributed by atoms with Gasteiger partial charge in [0.15, 0.2) is 5.65 Å². The van der Waals surface area contributed by atoms with Crippen molar-refractivity contribution in [2.75, 3.05) is 12.4 Å². The number of amides is 1. The van der Waals surface area contributed by atoms with Gasteiger partial charge in [0.2, 0.25) is 0 Å². The molecular weight excluding hydrogens is 424 g/mol. The summed E-state index contributed by atoms with van der Waals surface area (Å²) in [5.74, 6) is -0.625. The van der Waals surface area contributed by atoms with Gasteiger partial charge in [-0.2, -0.15) is 5.10 Å². The van der Waals surface area contributed by atoms with Crippen molar-refractivity contribution in [3.63, 3.8) is 0 Å². The summed E-state index contributed by atoms with van der Waals surface area (Å²) in [6.45, 7) is 0. The lowest BCUT2D eigenvalue weighted by Gasteiger charge is -2.10. The fraction of sp³-hybridized carbons (Fsp3) is 0.0952. The number of rotatable bonds is 6. The van der Waals surface area contributed by atoms with Crippen molar-refractivity contribution in [2.45, 2.75) is 6.43 Å². The molecule has 4 aromatic rings. The van der Waals surface area contributed by atoms with Crippen LogP contribution in [-0.4, -0.2) is 32.5 Å². The molecular formula is C21H15F2N5O4. The first-order valence-corrected chi connectivity index (χ1v) is 9.25. The standard InChI is InChI=1S/C21H15F2N5O4/c1-32-18-9-13(28(30)31)7-8-15(18)26-21(29)14-11-24-27-17(19(22)23)10-16(25-20(14)27)12-5-3-2-4-6-12/h2-11,19H,1H3,(H,26,29). The van der Waals surface area contributed by atoms with E-state index in [1.165, 1.54) is 25.3 Å². The number of methoxy groups -OCH3 is 1. The van der Waals surface area contributed by atoms with E-state index in [4.69, 9.17) is 4.74 Å². The summed E-state index contributed by atoms with van der Waals surface area (Å²) < 4.78 is 33.4. The monoisotopic (exact) mass is 439 g/mol. The van der Waals surface area contributed by atoms with Gasteiger partial charge in [0, 0.05) is 11.6 Å². The summed E-state index contributed by atoms with van der Waals surface area (Å²) in [6.07, 6.45) is -1.72. The van der Waals surface area contributed by atoms with Crippen LogP contribution in [0.5, 0.6) is 5.75 Å². The molecule has 11 heteroatoms. The average Bonchev–Trinajstić information content (AvgIpc) is 3.23. The molecule has 9 nitrogen and oxygen atoms in total. The van der Waals surface area contributed by atoms with Gasteiger partial charge in [-0.15, -0.1) is 0 Å². The molecule has 2 aromatic heterocycles. The lowest BCUT2D eigenvalue weighted by Crippen LogP contribution is -2.13. The highest BCUT2D eigenvalue weighted by molar-refractivity contribution is 6.09. The number of nitrogens with zero attached hydrogens (tertiary/aromatic N) is 4. The highest BCUT2D eigenvalue weighted by Gasteiger charge is 2.22. The third kappa shape index (κ3) is 3.83. The van der Waals surface area contributed by atoms with Crippen LogP contribution in [0.2, 0.25) is 0 Å². The summed E-state index contributed by atoms with van der Waals surface area (Å²) >= 11 is 0. The maximum Gasteiger partial charge on any atom is 0.280 e. The summed E-state index contributed by atoms with van der Waals surface area (Å²) in [6, 6.07) is 13.6. The lowest BCUT2D eigenvalue weighted by molar-refractivity contribution is -0.384. The van der Waals surface area contributed by atoms with Crippen LogP contribution in [0, 0.1) is 10.1 Å². The van der Waals surface area contributed by atoms with Gasteiger partial charge >= 0.3 is 0 Å². The second kappa shape index (κ2) is 8.38. The Morgan fingerprint density at radius 1 is 1.19 bits per heavy atom. The third-order valence-corrected chi connectivity index (χ3v) is 4.68. The van der Waals surface area contributed by atoms with Crippen LogP contribution in [0.4, 0.5) is 20.2 Å². The molecule has 0 saturated carbocycles. The summed E-state index contributed by atoms with van der Waals surface area (Å²) in [4.78, 5) is 27.7. The number of halogens is 2. The molecule has 1 N–H and O–H groups in total. The molecule has 0 unspecified atom stereocenters. The van der Waals surface area contributed by atoms with E-state index in [0.29, 0.717) is 5.56 Å². The van der Waals surface area contributed by atoms with E-state index in [9.17, 15) is 23.7 Å². The Labute approximate surface area is 179 Å². The minimum atomic E-state index is -2.85. The third-order valence-electron chi connectivity index (χ3n) is 4.68. The molecule has 1 amide bonds. The first kappa shape index (κ1) is 20.8. The second-order valence-corrected chi connectivity index (χ2v) is 6.62. The van der Waals surface area contributed by atoms with Gasteiger partial charge in [-0.05, 0) is 12.1 Å². The van der Waals surface area contributed by atoms with Gasteiger partial charge in [0.1, 0.15) is 17.0 Å². The van der Waals surface area contributed by atoms with Crippen molar-refractivity contribution < 1.29 is 23.2 Å². The Hall–Kier alpha value is -4.41. The van der Waals surface area contributed by atoms with E-state index in [1.807, 2.05) is 0 Å². The van der Waals surface area contributed by atoms with E-state index in [2.05, 4.69) is 15.4 Å². The molecule has 0 atom stereocenters. The molecule has 0 aliphatic heterocycles. The number of aromatic nitrogens is 3. The highest BCUT2D eigenvalue weighted by atomic mass is 19.3. The van der Waals surface area contributed by atoms with Crippen LogP contribution < -0.4 is 10.1 Å². The number of alkyl halides is 2. The van der Waals surface area contributed by atoms with Gasteiger partial charge in [0.05, 0.1) is 35.7 Å². The first-order valence-electron chi connectivity index (χ1n) is 9.25. The average molecular weight is 439 g/mol. The molecule has 4 rings (SSSR count). The number of carbonyl (C=O) groups is 1. The maximum absolute atomic E-state index is 13.7. The van der Waals surface area contributed by atoms with E-state index < -0.39 is 22.9 Å². The zero-order valence-corrected chi connectivity index (χ0v) is 16.5. The Morgan fingerprint density at radius 2 is 1.94 bits per heavy atom. The van der Waals surface area contributed by atoms with Crippen LogP contribution in [0.25, 0.3) is 16.9 Å². The largest absolute Gasteiger partial charge is 0.494 e. The van der Waals surface area contributed by atoms with Crippen molar-refractivity contribution in [1.29, 1.82) is 0 Å². The van der Waals surface area contributed by atoms with E-state index in [0.717, 1.165) is 16.8 Å². The minimum Gasteiger partial charge on any atom is -0.494 e. The normalized spacial score (nSPS) is 11.0. The maximum atomic E-state index is 13.7. The van der Waals surface area contributed by atoms with Crippen molar-refractivity contribution in [3.05, 3.63) is 82.2 Å². The van der Waals surface area contributed by atoms with Crippen molar-refractivity contribution in [2.24, 2.45) is 0 Å². The van der Waals surface area contributed by atoms with Gasteiger partial charge in [-0.25, -0.2) is 18.3 Å². The zero-order valence-electron chi connectivity index (χ0n) is 16.5. The fourth-order valence-corrected chi connectivity index (χ4v) is 3.14. The van der Waals surface area contributed by atoms with Crippen molar-refractivity contribution >= 4 is 22.9 Å². The molecule has 0 radical (unpaired) electrons. The Kier molecular flexibility index (Phi) is 5.46. The number of fused-ring (bicyclic) bond motifs is 1. The molecule has 0 aliphatic rings. The molecule has 2 aromatic carbocycles. The van der Waals surface area contributed by atoms with Gasteiger partial charge in [0.25, 0.3) is 18.0 Å². The van der Waals surface area contributed by atoms with E-state index in [1.54, 1.807) is 30.3 Å². The predicted octanol–water partition coefficient (Wildman–Crippen LogP) is 4.50. The van der Waals surface area contributed by atoms with E-state index in [-0.39, 0.29) is 34.0 Å². The molecule has 0 aliphatic carbocycles. The Morgan fingerprint density at radius 3 is 2.59 bits per heavy atom.